The predicted octanol–water partition coefficient (Wildman–Crippen LogP) is 1.94. The zero-order valence-electron chi connectivity index (χ0n) is 10.7. The maximum atomic E-state index is 11.9. The van der Waals surface area contributed by atoms with Crippen molar-refractivity contribution in [2.45, 2.75) is 6.92 Å². The summed E-state index contributed by atoms with van der Waals surface area (Å²) in [4.78, 5) is 26.5. The van der Waals surface area contributed by atoms with E-state index in [0.717, 1.165) is 0 Å². The number of nitrogens with one attached hydrogen (secondary N) is 2. The van der Waals surface area contributed by atoms with Crippen molar-refractivity contribution in [1.29, 1.82) is 0 Å². The molecule has 5 nitrogen and oxygen atoms in total. The molecule has 0 bridgehead atoms. The van der Waals surface area contributed by atoms with Gasteiger partial charge in [-0.25, -0.2) is 0 Å². The van der Waals surface area contributed by atoms with Crippen molar-refractivity contribution in [2.75, 3.05) is 12.4 Å². The van der Waals surface area contributed by atoms with Crippen LogP contribution in [0.4, 0.5) is 5.69 Å². The van der Waals surface area contributed by atoms with Crippen LogP contribution in [0, 0.1) is 6.92 Å². The van der Waals surface area contributed by atoms with E-state index in [9.17, 15) is 9.59 Å². The van der Waals surface area contributed by atoms with Gasteiger partial charge in [-0.1, -0.05) is 0 Å². The molecule has 0 aliphatic rings. The number of methoxy groups -OCH3 is 1. The van der Waals surface area contributed by atoms with Crippen LogP contribution in [0.2, 0.25) is 0 Å². The molecule has 1 aromatic heterocycles. The molecular formula is C14H14N2O3. The Bertz CT molecular complexity index is 644. The Morgan fingerprint density at radius 1 is 1.26 bits per heavy atom. The lowest BCUT2D eigenvalue weighted by molar-refractivity contribution is 0.102. The van der Waals surface area contributed by atoms with Crippen LogP contribution in [0.25, 0.3) is 0 Å². The fourth-order valence-electron chi connectivity index (χ4n) is 1.62. The summed E-state index contributed by atoms with van der Waals surface area (Å²) in [6.07, 6.45) is 1.41. The third kappa shape index (κ3) is 3.01. The molecule has 1 amide bonds. The quantitative estimate of drug-likeness (QED) is 0.883. The first-order chi connectivity index (χ1) is 9.10. The van der Waals surface area contributed by atoms with E-state index in [1.807, 2.05) is 0 Å². The van der Waals surface area contributed by atoms with Crippen molar-refractivity contribution in [3.05, 3.63) is 58.0 Å². The van der Waals surface area contributed by atoms with Gasteiger partial charge in [0.25, 0.3) is 5.91 Å². The third-order valence-corrected chi connectivity index (χ3v) is 2.65. The summed E-state index contributed by atoms with van der Waals surface area (Å²) in [5, 5.41) is 2.66. The lowest BCUT2D eigenvalue weighted by atomic mass is 10.2. The molecule has 2 aromatic rings. The first-order valence-electron chi connectivity index (χ1n) is 5.75. The number of H-pyrrole nitrogens is 1. The highest BCUT2D eigenvalue weighted by Crippen LogP contribution is 2.15. The molecular weight excluding hydrogens is 244 g/mol. The number of carbonyl (C=O) groups is 1. The lowest BCUT2D eigenvalue weighted by Gasteiger charge is -2.06. The van der Waals surface area contributed by atoms with Crippen LogP contribution in [0.5, 0.6) is 5.75 Å². The molecule has 0 spiro atoms. The molecule has 5 heteroatoms. The Labute approximate surface area is 110 Å². The SMILES string of the molecule is COc1ccc(NC(=O)c2c[nH]c(C)cc2=O)cc1. The van der Waals surface area contributed by atoms with Crippen LogP contribution in [-0.4, -0.2) is 18.0 Å². The summed E-state index contributed by atoms with van der Waals surface area (Å²) in [5.41, 5.74) is 1.10. The van der Waals surface area contributed by atoms with Gasteiger partial charge in [0, 0.05) is 23.6 Å². The van der Waals surface area contributed by atoms with Crippen LogP contribution in [0.3, 0.4) is 0 Å². The Kier molecular flexibility index (Phi) is 3.66. The Hall–Kier alpha value is -2.56. The number of ether oxygens (including phenoxy) is 1. The van der Waals surface area contributed by atoms with Crippen LogP contribution in [0.15, 0.2) is 41.3 Å². The Balaban J connectivity index is 2.18. The summed E-state index contributed by atoms with van der Waals surface area (Å²) in [6.45, 7) is 1.76. The first kappa shape index (κ1) is 12.9. The number of aryl methyl sites for hydroxylation is 1. The van der Waals surface area contributed by atoms with Gasteiger partial charge in [-0.3, -0.25) is 9.59 Å². The van der Waals surface area contributed by atoms with Crippen molar-refractivity contribution in [2.24, 2.45) is 0 Å². The van der Waals surface area contributed by atoms with Crippen molar-refractivity contribution >= 4 is 11.6 Å². The monoisotopic (exact) mass is 258 g/mol. The molecule has 0 aliphatic carbocycles. The van der Waals surface area contributed by atoms with Gasteiger partial charge in [-0.15, -0.1) is 0 Å². The zero-order chi connectivity index (χ0) is 13.8. The van der Waals surface area contributed by atoms with Gasteiger partial charge in [0.2, 0.25) is 0 Å². The topological polar surface area (TPSA) is 71.2 Å². The van der Waals surface area contributed by atoms with Crippen molar-refractivity contribution in [3.8, 4) is 5.75 Å². The number of pyridine rings is 1. The van der Waals surface area contributed by atoms with Gasteiger partial charge in [-0.05, 0) is 31.2 Å². The van der Waals surface area contributed by atoms with Crippen molar-refractivity contribution in [3.63, 3.8) is 0 Å². The van der Waals surface area contributed by atoms with Gasteiger partial charge < -0.3 is 15.0 Å². The average molecular weight is 258 g/mol. The highest BCUT2D eigenvalue weighted by atomic mass is 16.5. The molecule has 0 radical (unpaired) electrons. The number of aromatic amines is 1. The number of aromatic nitrogens is 1. The zero-order valence-corrected chi connectivity index (χ0v) is 10.7. The maximum absolute atomic E-state index is 11.9. The second-order valence-electron chi connectivity index (χ2n) is 4.08. The molecule has 0 saturated heterocycles. The third-order valence-electron chi connectivity index (χ3n) is 2.65. The molecule has 2 N–H and O–H groups in total. The number of benzene rings is 1. The molecule has 0 saturated carbocycles. The number of carbonyl (C=O) groups excluding carboxylic acids is 1. The van der Waals surface area contributed by atoms with Crippen molar-refractivity contribution < 1.29 is 9.53 Å². The van der Waals surface area contributed by atoms with E-state index in [4.69, 9.17) is 4.74 Å². The van der Waals surface area contributed by atoms with Crippen LogP contribution >= 0.6 is 0 Å². The normalized spacial score (nSPS) is 10.0. The van der Waals surface area contributed by atoms with E-state index >= 15 is 0 Å². The summed E-state index contributed by atoms with van der Waals surface area (Å²) in [6, 6.07) is 8.27. The second-order valence-corrected chi connectivity index (χ2v) is 4.08. The number of anilines is 1. The van der Waals surface area contributed by atoms with Gasteiger partial charge in [-0.2, -0.15) is 0 Å². The fourth-order valence-corrected chi connectivity index (χ4v) is 1.62. The Morgan fingerprint density at radius 3 is 2.53 bits per heavy atom. The molecule has 19 heavy (non-hydrogen) atoms. The molecule has 2 rings (SSSR count). The standard InChI is InChI=1S/C14H14N2O3/c1-9-7-13(17)12(8-15-9)14(18)16-10-3-5-11(19-2)6-4-10/h3-8H,1-2H3,(H,15,17)(H,16,18). The second kappa shape index (κ2) is 5.39. The molecule has 1 aromatic carbocycles. The van der Waals surface area contributed by atoms with Crippen LogP contribution in [0.1, 0.15) is 16.1 Å². The van der Waals surface area contributed by atoms with Gasteiger partial charge in [0.1, 0.15) is 11.3 Å². The van der Waals surface area contributed by atoms with E-state index in [0.29, 0.717) is 17.1 Å². The highest BCUT2D eigenvalue weighted by Gasteiger charge is 2.10. The van der Waals surface area contributed by atoms with E-state index in [1.54, 1.807) is 38.3 Å². The van der Waals surface area contributed by atoms with Gasteiger partial charge in [0.15, 0.2) is 5.43 Å². The van der Waals surface area contributed by atoms with E-state index in [2.05, 4.69) is 10.3 Å². The number of rotatable bonds is 3. The highest BCUT2D eigenvalue weighted by molar-refractivity contribution is 6.03. The fraction of sp³-hybridized carbons (Fsp3) is 0.143. The summed E-state index contributed by atoms with van der Waals surface area (Å²) in [5.74, 6) is 0.262. The van der Waals surface area contributed by atoms with Gasteiger partial charge in [0.05, 0.1) is 7.11 Å². The number of amides is 1. The van der Waals surface area contributed by atoms with Crippen molar-refractivity contribution in [1.82, 2.24) is 4.98 Å². The largest absolute Gasteiger partial charge is 0.497 e. The van der Waals surface area contributed by atoms with Gasteiger partial charge >= 0.3 is 0 Å². The minimum absolute atomic E-state index is 0.0846. The average Bonchev–Trinajstić information content (AvgIpc) is 2.39. The van der Waals surface area contributed by atoms with E-state index in [-0.39, 0.29) is 11.0 Å². The summed E-state index contributed by atoms with van der Waals surface area (Å²) in [7, 11) is 1.57. The lowest BCUT2D eigenvalue weighted by Crippen LogP contribution is -2.21. The molecule has 0 unspecified atom stereocenters. The number of hydrogen-bond donors (Lipinski definition) is 2. The molecule has 0 aliphatic heterocycles. The summed E-state index contributed by atoms with van der Waals surface area (Å²) >= 11 is 0. The number of hydrogen-bond acceptors (Lipinski definition) is 3. The molecule has 1 heterocycles. The first-order valence-corrected chi connectivity index (χ1v) is 5.75. The predicted molar refractivity (Wildman–Crippen MR) is 72.7 cm³/mol. The molecule has 0 fully saturated rings. The maximum Gasteiger partial charge on any atom is 0.261 e. The Morgan fingerprint density at radius 2 is 1.95 bits per heavy atom. The molecule has 98 valence electrons. The van der Waals surface area contributed by atoms with Crippen LogP contribution in [-0.2, 0) is 0 Å². The van der Waals surface area contributed by atoms with E-state index < -0.39 is 5.91 Å². The smallest absolute Gasteiger partial charge is 0.261 e. The van der Waals surface area contributed by atoms with E-state index in [1.165, 1.54) is 12.3 Å². The summed E-state index contributed by atoms with van der Waals surface area (Å²) < 4.78 is 5.02. The minimum atomic E-state index is -0.439. The minimum Gasteiger partial charge on any atom is -0.497 e. The molecule has 0 atom stereocenters. The van der Waals surface area contributed by atoms with Crippen LogP contribution < -0.4 is 15.5 Å².